The number of anilines is 4. The summed E-state index contributed by atoms with van der Waals surface area (Å²) in [5, 5.41) is 16.0. The van der Waals surface area contributed by atoms with E-state index in [-0.39, 0.29) is 24.8 Å². The van der Waals surface area contributed by atoms with Crippen LogP contribution in [0.4, 0.5) is 23.1 Å². The van der Waals surface area contributed by atoms with Crippen LogP contribution in [0.2, 0.25) is 0 Å². The lowest BCUT2D eigenvalue weighted by Gasteiger charge is -2.34. The van der Waals surface area contributed by atoms with E-state index in [1.54, 1.807) is 18.2 Å². The number of rotatable bonds is 7. The van der Waals surface area contributed by atoms with Crippen LogP contribution in [0.3, 0.4) is 0 Å². The van der Waals surface area contributed by atoms with E-state index in [9.17, 15) is 5.26 Å². The molecule has 0 saturated carbocycles. The molecule has 1 aliphatic rings. The molecule has 2 aromatic rings. The van der Waals surface area contributed by atoms with Gasteiger partial charge in [0.25, 0.3) is 0 Å². The third-order valence-corrected chi connectivity index (χ3v) is 4.85. The van der Waals surface area contributed by atoms with Gasteiger partial charge in [-0.05, 0) is 44.0 Å². The number of nitrogens with one attached hydrogen (secondary N) is 2. The zero-order valence-electron chi connectivity index (χ0n) is 17.5. The molecule has 0 amide bonds. The summed E-state index contributed by atoms with van der Waals surface area (Å²) in [6.45, 7) is 7.22. The number of aromatic nitrogens is 2. The molecule has 0 unspecified atom stereocenters. The first-order valence-corrected chi connectivity index (χ1v) is 10.0. The molecular formula is C21H31Cl2N7. The Morgan fingerprint density at radius 2 is 2.00 bits per heavy atom. The van der Waals surface area contributed by atoms with E-state index in [1.807, 2.05) is 0 Å². The summed E-state index contributed by atoms with van der Waals surface area (Å²) in [6.07, 6.45) is 4.26. The molecule has 0 spiro atoms. The van der Waals surface area contributed by atoms with Gasteiger partial charge in [0.1, 0.15) is 5.82 Å². The summed E-state index contributed by atoms with van der Waals surface area (Å²) in [5.74, 6) is 1.49. The standard InChI is InChI=1S/C21H29N7.2ClH/c1-3-6-17-12-20(28-8-5-7-18(14-28)24-4-2)27-21(25-17)26-19-10-15(13-22)9-16(23)11-19;;/h9-12,18,24H,3-8,14,23H2,1-2H3,(H,25,26,27);2*1H/t18-;;/m1../s1. The molecule has 1 aliphatic heterocycles. The molecule has 7 nitrogen and oxygen atoms in total. The number of likely N-dealkylation sites (N-methyl/N-ethyl adjacent to an activating group) is 1. The number of nitrogens with zero attached hydrogens (tertiary/aromatic N) is 4. The minimum atomic E-state index is 0. The van der Waals surface area contributed by atoms with E-state index in [2.05, 4.69) is 46.5 Å². The van der Waals surface area contributed by atoms with Crippen LogP contribution in [0.5, 0.6) is 0 Å². The Kier molecular flexibility index (Phi) is 10.7. The zero-order valence-corrected chi connectivity index (χ0v) is 19.2. The van der Waals surface area contributed by atoms with Gasteiger partial charge >= 0.3 is 0 Å². The van der Waals surface area contributed by atoms with Gasteiger partial charge in [0.05, 0.1) is 11.6 Å². The minimum absolute atomic E-state index is 0. The monoisotopic (exact) mass is 451 g/mol. The van der Waals surface area contributed by atoms with Gasteiger partial charge in [0.2, 0.25) is 5.95 Å². The highest BCUT2D eigenvalue weighted by Crippen LogP contribution is 2.24. The highest BCUT2D eigenvalue weighted by Gasteiger charge is 2.21. The van der Waals surface area contributed by atoms with Crippen molar-refractivity contribution in [3.05, 3.63) is 35.5 Å². The summed E-state index contributed by atoms with van der Waals surface area (Å²) < 4.78 is 0. The third-order valence-electron chi connectivity index (χ3n) is 4.85. The molecule has 0 radical (unpaired) electrons. The quantitative estimate of drug-likeness (QED) is 0.545. The van der Waals surface area contributed by atoms with Crippen LogP contribution >= 0.6 is 24.8 Å². The molecule has 4 N–H and O–H groups in total. The Bertz CT molecular complexity index is 852. The third kappa shape index (κ3) is 6.91. The number of nitrogens with two attached hydrogens (primary N) is 1. The molecule has 30 heavy (non-hydrogen) atoms. The fourth-order valence-corrected chi connectivity index (χ4v) is 3.64. The molecule has 164 valence electrons. The number of benzene rings is 1. The number of nitrogen functional groups attached to an aromatic ring is 1. The molecule has 1 atom stereocenters. The lowest BCUT2D eigenvalue weighted by atomic mass is 10.1. The molecular weight excluding hydrogens is 421 g/mol. The maximum Gasteiger partial charge on any atom is 0.229 e. The molecule has 9 heteroatoms. The fourth-order valence-electron chi connectivity index (χ4n) is 3.64. The first-order chi connectivity index (χ1) is 13.6. The molecule has 2 heterocycles. The molecule has 0 aliphatic carbocycles. The summed E-state index contributed by atoms with van der Waals surface area (Å²) >= 11 is 0. The predicted octanol–water partition coefficient (Wildman–Crippen LogP) is 4.05. The number of aryl methyl sites for hydroxylation is 1. The summed E-state index contributed by atoms with van der Waals surface area (Å²) in [4.78, 5) is 11.8. The SMILES string of the molecule is CCCc1cc(N2CCC[C@@H](NCC)C2)nc(Nc2cc(N)cc(C#N)c2)n1.Cl.Cl. The summed E-state index contributed by atoms with van der Waals surface area (Å²) in [5.41, 5.74) is 8.70. The van der Waals surface area contributed by atoms with Crippen molar-refractivity contribution in [3.8, 4) is 6.07 Å². The largest absolute Gasteiger partial charge is 0.399 e. The van der Waals surface area contributed by atoms with Crippen LogP contribution < -0.4 is 21.3 Å². The second-order valence-corrected chi connectivity index (χ2v) is 7.21. The van der Waals surface area contributed by atoms with Crippen molar-refractivity contribution in [1.29, 1.82) is 5.26 Å². The zero-order chi connectivity index (χ0) is 19.9. The second-order valence-electron chi connectivity index (χ2n) is 7.21. The molecule has 1 fully saturated rings. The number of piperidine rings is 1. The van der Waals surface area contributed by atoms with Gasteiger partial charge in [-0.3, -0.25) is 0 Å². The molecule has 1 saturated heterocycles. The topological polar surface area (TPSA) is 103 Å². The Hall–Kier alpha value is -2.27. The smallest absolute Gasteiger partial charge is 0.229 e. The van der Waals surface area contributed by atoms with Gasteiger partial charge in [-0.25, -0.2) is 4.98 Å². The average molecular weight is 452 g/mol. The molecule has 1 aromatic carbocycles. The molecule has 3 rings (SSSR count). The number of hydrogen-bond acceptors (Lipinski definition) is 7. The Morgan fingerprint density at radius 3 is 2.70 bits per heavy atom. The number of halogens is 2. The van der Waals surface area contributed by atoms with Gasteiger partial charge in [0, 0.05) is 42.3 Å². The van der Waals surface area contributed by atoms with Crippen LogP contribution in [-0.2, 0) is 6.42 Å². The fraction of sp³-hybridized carbons (Fsp3) is 0.476. The Morgan fingerprint density at radius 1 is 1.20 bits per heavy atom. The first kappa shape index (κ1) is 25.8. The highest BCUT2D eigenvalue weighted by molar-refractivity contribution is 5.85. The van der Waals surface area contributed by atoms with Gasteiger partial charge in [-0.2, -0.15) is 10.2 Å². The van der Waals surface area contributed by atoms with Crippen LogP contribution in [0.15, 0.2) is 24.3 Å². The van der Waals surface area contributed by atoms with Crippen molar-refractivity contribution >= 4 is 48.0 Å². The Balaban J connectivity index is 0.00000225. The lowest BCUT2D eigenvalue weighted by Crippen LogP contribution is -2.46. The van der Waals surface area contributed by atoms with Crippen molar-refractivity contribution in [1.82, 2.24) is 15.3 Å². The number of hydrogen-bond donors (Lipinski definition) is 3. The average Bonchev–Trinajstić information content (AvgIpc) is 2.68. The van der Waals surface area contributed by atoms with Crippen molar-refractivity contribution < 1.29 is 0 Å². The molecule has 0 bridgehead atoms. The highest BCUT2D eigenvalue weighted by atomic mass is 35.5. The van der Waals surface area contributed by atoms with Gasteiger partial charge < -0.3 is 21.3 Å². The van der Waals surface area contributed by atoms with E-state index in [0.717, 1.165) is 56.1 Å². The first-order valence-electron chi connectivity index (χ1n) is 10.0. The summed E-state index contributed by atoms with van der Waals surface area (Å²) in [7, 11) is 0. The van der Waals surface area contributed by atoms with Crippen LogP contribution in [-0.4, -0.2) is 35.6 Å². The number of nitriles is 1. The minimum Gasteiger partial charge on any atom is -0.399 e. The van der Waals surface area contributed by atoms with Crippen LogP contribution in [0.1, 0.15) is 44.4 Å². The normalized spacial score (nSPS) is 15.5. The van der Waals surface area contributed by atoms with Crippen LogP contribution in [0.25, 0.3) is 0 Å². The van der Waals surface area contributed by atoms with Gasteiger partial charge in [0.15, 0.2) is 0 Å². The lowest BCUT2D eigenvalue weighted by molar-refractivity contribution is 0.429. The summed E-state index contributed by atoms with van der Waals surface area (Å²) in [6, 6.07) is 9.92. The van der Waals surface area contributed by atoms with Crippen molar-refractivity contribution in [2.24, 2.45) is 0 Å². The van der Waals surface area contributed by atoms with E-state index in [4.69, 9.17) is 10.7 Å². The predicted molar refractivity (Wildman–Crippen MR) is 128 cm³/mol. The van der Waals surface area contributed by atoms with Gasteiger partial charge in [-0.1, -0.05) is 20.3 Å². The van der Waals surface area contributed by atoms with Gasteiger partial charge in [-0.15, -0.1) is 24.8 Å². The van der Waals surface area contributed by atoms with Crippen molar-refractivity contribution in [3.63, 3.8) is 0 Å². The van der Waals surface area contributed by atoms with Crippen LogP contribution in [0, 0.1) is 11.3 Å². The van der Waals surface area contributed by atoms with E-state index in [0.29, 0.717) is 23.2 Å². The van der Waals surface area contributed by atoms with E-state index >= 15 is 0 Å². The van der Waals surface area contributed by atoms with E-state index in [1.165, 1.54) is 6.42 Å². The van der Waals surface area contributed by atoms with Crippen molar-refractivity contribution in [2.45, 2.75) is 45.6 Å². The maximum absolute atomic E-state index is 9.17. The maximum atomic E-state index is 9.17. The molecule has 1 aromatic heterocycles. The second kappa shape index (κ2) is 12.4. The Labute approximate surface area is 191 Å². The van der Waals surface area contributed by atoms with Crippen molar-refractivity contribution in [2.75, 3.05) is 35.6 Å². The van der Waals surface area contributed by atoms with E-state index < -0.39 is 0 Å².